The monoisotopic (exact) mass is 334 g/mol. The van der Waals surface area contributed by atoms with Crippen LogP contribution in [0.4, 0.5) is 0 Å². The van der Waals surface area contributed by atoms with Crippen molar-refractivity contribution in [3.8, 4) is 11.3 Å². The van der Waals surface area contributed by atoms with Gasteiger partial charge in [0.1, 0.15) is 5.65 Å². The Balaban J connectivity index is 1.66. The summed E-state index contributed by atoms with van der Waals surface area (Å²) < 4.78 is 2.17. The molecule has 1 amide bonds. The number of aromatic nitrogens is 2. The van der Waals surface area contributed by atoms with Gasteiger partial charge in [-0.25, -0.2) is 4.98 Å². The number of likely N-dealkylation sites (tertiary alicyclic amines) is 1. The molecule has 2 aromatic heterocycles. The van der Waals surface area contributed by atoms with E-state index in [2.05, 4.69) is 27.6 Å². The van der Waals surface area contributed by atoms with Crippen LogP contribution in [-0.4, -0.2) is 33.3 Å². The Morgan fingerprint density at radius 3 is 2.52 bits per heavy atom. The Labute approximate surface area is 147 Å². The number of benzene rings is 1. The fraction of sp³-hybridized carbons (Fsp3) is 0.300. The van der Waals surface area contributed by atoms with Crippen molar-refractivity contribution in [3.05, 3.63) is 60.4 Å². The summed E-state index contributed by atoms with van der Waals surface area (Å²) in [5.41, 5.74) is 9.77. The van der Waals surface area contributed by atoms with E-state index < -0.39 is 0 Å². The van der Waals surface area contributed by atoms with Crippen LogP contribution < -0.4 is 5.73 Å². The molecule has 0 bridgehead atoms. The molecular weight excluding hydrogens is 312 g/mol. The van der Waals surface area contributed by atoms with Gasteiger partial charge in [0.15, 0.2) is 0 Å². The van der Waals surface area contributed by atoms with Crippen LogP contribution in [0.1, 0.15) is 18.5 Å². The topological polar surface area (TPSA) is 63.6 Å². The maximum atomic E-state index is 11.4. The molecule has 1 aliphatic rings. The van der Waals surface area contributed by atoms with Crippen LogP contribution >= 0.6 is 0 Å². The summed E-state index contributed by atoms with van der Waals surface area (Å²) in [6.45, 7) is 2.60. The normalized spacial score (nSPS) is 16.3. The predicted octanol–water partition coefficient (Wildman–Crippen LogP) is 2.70. The molecule has 0 radical (unpaired) electrons. The molecule has 3 aromatic rings. The van der Waals surface area contributed by atoms with E-state index in [0.717, 1.165) is 49.4 Å². The number of amides is 1. The summed E-state index contributed by atoms with van der Waals surface area (Å²) >= 11 is 0. The molecule has 3 heterocycles. The van der Waals surface area contributed by atoms with Gasteiger partial charge in [0.25, 0.3) is 0 Å². The number of nitrogens with two attached hydrogens (primary N) is 1. The summed E-state index contributed by atoms with van der Waals surface area (Å²) in [5.74, 6) is -0.147. The molecule has 5 heteroatoms. The molecule has 0 aliphatic carbocycles. The van der Waals surface area contributed by atoms with Crippen molar-refractivity contribution in [1.82, 2.24) is 14.3 Å². The maximum absolute atomic E-state index is 11.4. The van der Waals surface area contributed by atoms with Gasteiger partial charge in [-0.3, -0.25) is 9.69 Å². The van der Waals surface area contributed by atoms with E-state index in [9.17, 15) is 4.79 Å². The van der Waals surface area contributed by atoms with Gasteiger partial charge in [-0.15, -0.1) is 0 Å². The standard InChI is InChI=1S/C20H22N4O/c21-20(25)16-9-12-23(13-10-16)14-17-19(15-6-2-1-3-7-15)22-18-8-4-5-11-24(17)18/h1-8,11,16H,9-10,12-14H2,(H2,21,25). The molecule has 0 spiro atoms. The van der Waals surface area contributed by atoms with E-state index in [0.29, 0.717) is 0 Å². The highest BCUT2D eigenvalue weighted by Gasteiger charge is 2.25. The van der Waals surface area contributed by atoms with Crippen LogP contribution in [0.2, 0.25) is 0 Å². The first-order chi connectivity index (χ1) is 12.2. The summed E-state index contributed by atoms with van der Waals surface area (Å²) in [7, 11) is 0. The smallest absolute Gasteiger partial charge is 0.220 e. The second-order valence-corrected chi connectivity index (χ2v) is 6.65. The quantitative estimate of drug-likeness (QED) is 0.798. The van der Waals surface area contributed by atoms with Gasteiger partial charge in [-0.05, 0) is 38.1 Å². The lowest BCUT2D eigenvalue weighted by atomic mass is 9.96. The van der Waals surface area contributed by atoms with Crippen LogP contribution in [0.5, 0.6) is 0 Å². The number of hydrogen-bond donors (Lipinski definition) is 1. The number of rotatable bonds is 4. The predicted molar refractivity (Wildman–Crippen MR) is 97.8 cm³/mol. The number of imidazole rings is 1. The molecule has 4 rings (SSSR count). The highest BCUT2D eigenvalue weighted by Crippen LogP contribution is 2.27. The van der Waals surface area contributed by atoms with E-state index in [1.165, 1.54) is 5.69 Å². The van der Waals surface area contributed by atoms with E-state index in [4.69, 9.17) is 10.7 Å². The van der Waals surface area contributed by atoms with Crippen molar-refractivity contribution in [2.24, 2.45) is 11.7 Å². The van der Waals surface area contributed by atoms with Crippen LogP contribution in [-0.2, 0) is 11.3 Å². The van der Waals surface area contributed by atoms with Gasteiger partial charge in [-0.1, -0.05) is 36.4 Å². The van der Waals surface area contributed by atoms with Crippen molar-refractivity contribution >= 4 is 11.6 Å². The van der Waals surface area contributed by atoms with Crippen molar-refractivity contribution in [2.75, 3.05) is 13.1 Å². The van der Waals surface area contributed by atoms with E-state index in [1.807, 2.05) is 36.4 Å². The van der Waals surface area contributed by atoms with Crippen LogP contribution in [0, 0.1) is 5.92 Å². The molecule has 0 unspecified atom stereocenters. The van der Waals surface area contributed by atoms with Crippen molar-refractivity contribution in [3.63, 3.8) is 0 Å². The molecule has 1 saturated heterocycles. The summed E-state index contributed by atoms with van der Waals surface area (Å²) in [4.78, 5) is 18.6. The Kier molecular flexibility index (Phi) is 4.24. The zero-order valence-electron chi connectivity index (χ0n) is 14.1. The molecule has 1 fully saturated rings. The lowest BCUT2D eigenvalue weighted by Crippen LogP contribution is -2.38. The molecule has 0 saturated carbocycles. The number of fused-ring (bicyclic) bond motifs is 1. The molecule has 1 aromatic carbocycles. The fourth-order valence-electron chi connectivity index (χ4n) is 3.61. The SMILES string of the molecule is NC(=O)C1CCN(Cc2c(-c3ccccc3)nc3ccccn23)CC1. The van der Waals surface area contributed by atoms with Gasteiger partial charge < -0.3 is 10.1 Å². The van der Waals surface area contributed by atoms with Gasteiger partial charge >= 0.3 is 0 Å². The summed E-state index contributed by atoms with van der Waals surface area (Å²) in [6, 6.07) is 16.4. The Hall–Kier alpha value is -2.66. The van der Waals surface area contributed by atoms with Gasteiger partial charge in [0, 0.05) is 24.2 Å². The fourth-order valence-corrected chi connectivity index (χ4v) is 3.61. The summed E-state index contributed by atoms with van der Waals surface area (Å²) in [6.07, 6.45) is 3.75. The van der Waals surface area contributed by atoms with Crippen LogP contribution in [0.3, 0.4) is 0 Å². The minimum atomic E-state index is -0.167. The third-order valence-corrected chi connectivity index (χ3v) is 5.04. The average Bonchev–Trinajstić information content (AvgIpc) is 3.02. The Bertz CT molecular complexity index is 879. The Morgan fingerprint density at radius 2 is 1.80 bits per heavy atom. The second-order valence-electron chi connectivity index (χ2n) is 6.65. The van der Waals surface area contributed by atoms with Crippen molar-refractivity contribution < 1.29 is 4.79 Å². The Morgan fingerprint density at radius 1 is 1.08 bits per heavy atom. The largest absolute Gasteiger partial charge is 0.369 e. The molecular formula is C20H22N4O. The van der Waals surface area contributed by atoms with Crippen molar-refractivity contribution in [2.45, 2.75) is 19.4 Å². The molecule has 5 nitrogen and oxygen atoms in total. The zero-order valence-corrected chi connectivity index (χ0v) is 14.1. The first-order valence-electron chi connectivity index (χ1n) is 8.75. The summed E-state index contributed by atoms with van der Waals surface area (Å²) in [5, 5.41) is 0. The second kappa shape index (κ2) is 6.69. The van der Waals surface area contributed by atoms with Gasteiger partial charge in [0.2, 0.25) is 5.91 Å². The van der Waals surface area contributed by atoms with Crippen LogP contribution in [0.25, 0.3) is 16.9 Å². The zero-order chi connectivity index (χ0) is 17.2. The highest BCUT2D eigenvalue weighted by atomic mass is 16.1. The molecule has 128 valence electrons. The highest BCUT2D eigenvalue weighted by molar-refractivity contribution is 5.76. The van der Waals surface area contributed by atoms with Gasteiger partial charge in [-0.2, -0.15) is 0 Å². The number of nitrogens with zero attached hydrogens (tertiary/aromatic N) is 3. The first-order valence-corrected chi connectivity index (χ1v) is 8.75. The molecule has 2 N–H and O–H groups in total. The number of piperidine rings is 1. The third-order valence-electron chi connectivity index (χ3n) is 5.04. The van der Waals surface area contributed by atoms with Gasteiger partial charge in [0.05, 0.1) is 11.4 Å². The molecule has 0 atom stereocenters. The third kappa shape index (κ3) is 3.15. The van der Waals surface area contributed by atoms with E-state index >= 15 is 0 Å². The molecule has 1 aliphatic heterocycles. The minimum absolute atomic E-state index is 0.0204. The maximum Gasteiger partial charge on any atom is 0.220 e. The first kappa shape index (κ1) is 15.8. The number of pyridine rings is 1. The minimum Gasteiger partial charge on any atom is -0.369 e. The van der Waals surface area contributed by atoms with E-state index in [-0.39, 0.29) is 11.8 Å². The number of carbonyl (C=O) groups excluding carboxylic acids is 1. The average molecular weight is 334 g/mol. The molecule has 25 heavy (non-hydrogen) atoms. The van der Waals surface area contributed by atoms with Crippen molar-refractivity contribution in [1.29, 1.82) is 0 Å². The number of carbonyl (C=O) groups is 1. The number of primary amides is 1. The lowest BCUT2D eigenvalue weighted by molar-refractivity contribution is -0.123. The van der Waals surface area contributed by atoms with E-state index in [1.54, 1.807) is 0 Å². The lowest BCUT2D eigenvalue weighted by Gasteiger charge is -2.30. The van der Waals surface area contributed by atoms with Crippen LogP contribution in [0.15, 0.2) is 54.7 Å². The number of hydrogen-bond acceptors (Lipinski definition) is 3.